The molecule has 8 heteroatoms. The number of hydrogen-bond acceptors (Lipinski definition) is 3. The van der Waals surface area contributed by atoms with E-state index in [1.54, 1.807) is 17.7 Å². The third kappa shape index (κ3) is 3.31. The molecule has 106 valence electrons. The molecule has 0 fully saturated rings. The molecule has 0 saturated carbocycles. The number of nitrogens with zero attached hydrogens (tertiary/aromatic N) is 2. The zero-order valence-corrected chi connectivity index (χ0v) is 13.0. The Hall–Kier alpha value is -1.54. The molecule has 20 heavy (non-hydrogen) atoms. The number of aromatic nitrogens is 3. The lowest BCUT2D eigenvalue weighted by Crippen LogP contribution is -2.27. The molecule has 1 aromatic carbocycles. The van der Waals surface area contributed by atoms with E-state index in [0.717, 1.165) is 5.82 Å². The van der Waals surface area contributed by atoms with Crippen LogP contribution in [0.4, 0.5) is 4.39 Å². The van der Waals surface area contributed by atoms with Crippen molar-refractivity contribution in [1.82, 2.24) is 20.1 Å². The van der Waals surface area contributed by atoms with Crippen LogP contribution in [0.5, 0.6) is 0 Å². The van der Waals surface area contributed by atoms with Gasteiger partial charge >= 0.3 is 0 Å². The highest BCUT2D eigenvalue weighted by Gasteiger charge is 2.11. The second-order valence-corrected chi connectivity index (χ2v) is 5.44. The largest absolute Gasteiger partial charge is 0.351 e. The van der Waals surface area contributed by atoms with Crippen LogP contribution in [0.2, 0.25) is 0 Å². The third-order valence-electron chi connectivity index (χ3n) is 2.78. The zero-order valence-electron chi connectivity index (χ0n) is 10.6. The summed E-state index contributed by atoms with van der Waals surface area (Å²) in [6.45, 7) is 0.349. The van der Waals surface area contributed by atoms with Crippen molar-refractivity contribution in [2.24, 2.45) is 7.05 Å². The summed E-state index contributed by atoms with van der Waals surface area (Å²) in [5, 5.41) is 9.34. The molecule has 5 nitrogen and oxygen atoms in total. The van der Waals surface area contributed by atoms with Gasteiger partial charge in [-0.15, -0.1) is 0 Å². The number of halogens is 2. The van der Waals surface area contributed by atoms with Crippen LogP contribution in [0.3, 0.4) is 0 Å². The van der Waals surface area contributed by atoms with Gasteiger partial charge in [0.05, 0.1) is 5.56 Å². The van der Waals surface area contributed by atoms with Crippen LogP contribution in [-0.4, -0.2) is 27.2 Å². The quantitative estimate of drug-likeness (QED) is 0.824. The van der Waals surface area contributed by atoms with Gasteiger partial charge in [-0.2, -0.15) is 5.10 Å². The summed E-state index contributed by atoms with van der Waals surface area (Å²) in [7, 11) is 1.79. The Labute approximate surface area is 128 Å². The van der Waals surface area contributed by atoms with Gasteiger partial charge in [-0.25, -0.2) is 4.39 Å². The molecule has 1 amide bonds. The molecule has 0 aliphatic carbocycles. The molecule has 2 rings (SSSR count). The van der Waals surface area contributed by atoms with Crippen molar-refractivity contribution in [3.63, 3.8) is 0 Å². The van der Waals surface area contributed by atoms with Crippen molar-refractivity contribution in [3.05, 3.63) is 44.6 Å². The number of hydrogen-bond donors (Lipinski definition) is 2. The van der Waals surface area contributed by atoms with Crippen LogP contribution < -0.4 is 5.32 Å². The van der Waals surface area contributed by atoms with Crippen LogP contribution in [0, 0.1) is 10.6 Å². The number of benzene rings is 1. The minimum Gasteiger partial charge on any atom is -0.351 e. The number of nitrogens with one attached hydrogen (secondary N) is 2. The van der Waals surface area contributed by atoms with Gasteiger partial charge in [-0.3, -0.25) is 9.89 Å². The molecular weight excluding hydrogens is 347 g/mol. The molecule has 2 N–H and O–H groups in total. The zero-order chi connectivity index (χ0) is 14.7. The minimum absolute atomic E-state index is 0.0172. The predicted molar refractivity (Wildman–Crippen MR) is 78.5 cm³/mol. The highest BCUT2D eigenvalue weighted by atomic mass is 79.9. The molecule has 2 aromatic rings. The van der Waals surface area contributed by atoms with Gasteiger partial charge in [0.15, 0.2) is 4.77 Å². The van der Waals surface area contributed by atoms with E-state index in [1.807, 2.05) is 0 Å². The lowest BCUT2D eigenvalue weighted by Gasteiger charge is -2.06. The first kappa shape index (κ1) is 14.9. The van der Waals surface area contributed by atoms with Crippen molar-refractivity contribution in [1.29, 1.82) is 0 Å². The molecule has 0 spiro atoms. The number of carbonyl (C=O) groups is 1. The van der Waals surface area contributed by atoms with Gasteiger partial charge in [0.1, 0.15) is 11.6 Å². The minimum atomic E-state index is -0.560. The lowest BCUT2D eigenvalue weighted by atomic mass is 10.2. The van der Waals surface area contributed by atoms with Crippen LogP contribution in [-0.2, 0) is 13.5 Å². The van der Waals surface area contributed by atoms with E-state index < -0.39 is 11.7 Å². The van der Waals surface area contributed by atoms with Gasteiger partial charge < -0.3 is 9.88 Å². The van der Waals surface area contributed by atoms with Gasteiger partial charge in [-0.1, -0.05) is 15.9 Å². The summed E-state index contributed by atoms with van der Waals surface area (Å²) in [4.78, 5) is 11.8. The van der Waals surface area contributed by atoms with Crippen LogP contribution in [0.15, 0.2) is 22.7 Å². The Balaban J connectivity index is 1.95. The van der Waals surface area contributed by atoms with E-state index in [0.29, 0.717) is 22.2 Å². The first-order chi connectivity index (χ1) is 9.49. The van der Waals surface area contributed by atoms with Crippen molar-refractivity contribution in [2.75, 3.05) is 6.54 Å². The summed E-state index contributed by atoms with van der Waals surface area (Å²) in [6.07, 6.45) is 0.507. The molecule has 0 radical (unpaired) electrons. The fourth-order valence-electron chi connectivity index (χ4n) is 1.66. The Morgan fingerprint density at radius 1 is 1.60 bits per heavy atom. The molecule has 0 atom stereocenters. The Kier molecular flexibility index (Phi) is 4.66. The molecule has 0 bridgehead atoms. The summed E-state index contributed by atoms with van der Waals surface area (Å²) < 4.78 is 16.4. The highest BCUT2D eigenvalue weighted by Crippen LogP contribution is 2.15. The van der Waals surface area contributed by atoms with Gasteiger partial charge in [0.2, 0.25) is 0 Å². The number of aromatic amines is 1. The molecular formula is C12H12BrFN4OS. The number of amides is 1. The van der Waals surface area contributed by atoms with Crippen LogP contribution in [0.25, 0.3) is 0 Å². The molecule has 0 saturated heterocycles. The van der Waals surface area contributed by atoms with Crippen molar-refractivity contribution in [2.45, 2.75) is 6.42 Å². The summed E-state index contributed by atoms with van der Waals surface area (Å²) >= 11 is 8.13. The predicted octanol–water partition coefficient (Wildman–Crippen LogP) is 2.35. The SMILES string of the molecule is Cn1c(CCNC(=O)c2ccc(Br)cc2F)n[nH]c1=S. The average molecular weight is 359 g/mol. The van der Waals surface area contributed by atoms with Crippen LogP contribution in [0.1, 0.15) is 16.2 Å². The van der Waals surface area contributed by atoms with Crippen molar-refractivity contribution < 1.29 is 9.18 Å². The summed E-state index contributed by atoms with van der Waals surface area (Å²) in [6, 6.07) is 4.31. The highest BCUT2D eigenvalue weighted by molar-refractivity contribution is 9.10. The maximum atomic E-state index is 13.6. The molecule has 1 aromatic heterocycles. The monoisotopic (exact) mass is 358 g/mol. The van der Waals surface area contributed by atoms with Crippen molar-refractivity contribution in [3.8, 4) is 0 Å². The Bertz CT molecular complexity index is 697. The second-order valence-electron chi connectivity index (χ2n) is 4.13. The first-order valence-corrected chi connectivity index (χ1v) is 7.02. The summed E-state index contributed by atoms with van der Waals surface area (Å²) in [5.41, 5.74) is 0.0172. The van der Waals surface area contributed by atoms with E-state index in [-0.39, 0.29) is 5.56 Å². The van der Waals surface area contributed by atoms with E-state index in [2.05, 4.69) is 31.4 Å². The number of H-pyrrole nitrogens is 1. The summed E-state index contributed by atoms with van der Waals surface area (Å²) in [5.74, 6) is -0.284. The fourth-order valence-corrected chi connectivity index (χ4v) is 2.14. The fraction of sp³-hybridized carbons (Fsp3) is 0.250. The van der Waals surface area contributed by atoms with E-state index in [1.165, 1.54) is 12.1 Å². The maximum absolute atomic E-state index is 13.6. The molecule has 0 unspecified atom stereocenters. The topological polar surface area (TPSA) is 62.7 Å². The molecule has 0 aliphatic rings. The third-order valence-corrected chi connectivity index (χ3v) is 3.64. The maximum Gasteiger partial charge on any atom is 0.254 e. The smallest absolute Gasteiger partial charge is 0.254 e. The normalized spacial score (nSPS) is 10.6. The molecule has 0 aliphatic heterocycles. The Morgan fingerprint density at radius 2 is 2.35 bits per heavy atom. The van der Waals surface area contributed by atoms with E-state index in [9.17, 15) is 9.18 Å². The second kappa shape index (κ2) is 6.27. The number of carbonyl (C=O) groups excluding carboxylic acids is 1. The Morgan fingerprint density at radius 3 is 2.95 bits per heavy atom. The average Bonchev–Trinajstić information content (AvgIpc) is 2.70. The van der Waals surface area contributed by atoms with Crippen molar-refractivity contribution >= 4 is 34.1 Å². The standard InChI is InChI=1S/C12H12BrFN4OS/c1-18-10(16-17-12(18)20)4-5-15-11(19)8-3-2-7(13)6-9(8)14/h2-3,6H,4-5H2,1H3,(H,15,19)(H,17,20). The first-order valence-electron chi connectivity index (χ1n) is 5.82. The number of rotatable bonds is 4. The van der Waals surface area contributed by atoms with E-state index in [4.69, 9.17) is 12.2 Å². The van der Waals surface area contributed by atoms with Gasteiger partial charge in [0.25, 0.3) is 5.91 Å². The lowest BCUT2D eigenvalue weighted by molar-refractivity contribution is 0.0950. The van der Waals surface area contributed by atoms with Gasteiger partial charge in [0, 0.05) is 24.5 Å². The van der Waals surface area contributed by atoms with E-state index >= 15 is 0 Å². The van der Waals surface area contributed by atoms with Gasteiger partial charge in [-0.05, 0) is 30.4 Å². The van der Waals surface area contributed by atoms with Crippen LogP contribution >= 0.6 is 28.1 Å². The molecule has 1 heterocycles.